The molecule has 0 bridgehead atoms. The van der Waals surface area contributed by atoms with Gasteiger partial charge in [-0.3, -0.25) is 0 Å². The van der Waals surface area contributed by atoms with Gasteiger partial charge in [-0.15, -0.1) is 0 Å². The lowest BCUT2D eigenvalue weighted by Crippen LogP contribution is -2.34. The van der Waals surface area contributed by atoms with Crippen LogP contribution >= 0.6 is 0 Å². The van der Waals surface area contributed by atoms with Crippen molar-refractivity contribution in [2.75, 3.05) is 0 Å². The van der Waals surface area contributed by atoms with Crippen LogP contribution in [0.2, 0.25) is 0 Å². The molecule has 2 aromatic rings. The van der Waals surface area contributed by atoms with Gasteiger partial charge in [-0.05, 0) is 11.6 Å². The van der Waals surface area contributed by atoms with E-state index in [0.717, 1.165) is 5.56 Å². The fourth-order valence-electron chi connectivity index (χ4n) is 2.30. The van der Waals surface area contributed by atoms with Gasteiger partial charge in [-0.1, -0.05) is 48.5 Å². The van der Waals surface area contributed by atoms with E-state index in [1.54, 1.807) is 12.1 Å². The zero-order valence-corrected chi connectivity index (χ0v) is 9.73. The molecule has 0 radical (unpaired) electrons. The van der Waals surface area contributed by atoms with E-state index in [0.29, 0.717) is 11.3 Å². The predicted molar refractivity (Wildman–Crippen MR) is 67.2 cm³/mol. The molecule has 0 saturated heterocycles. The van der Waals surface area contributed by atoms with Crippen LogP contribution in [0.4, 0.5) is 0 Å². The smallest absolute Gasteiger partial charge is 0.152 e. The Bertz CT molecular complexity index is 538. The minimum absolute atomic E-state index is 0.531. The molecular formula is C15H14O3. The first-order valence-electron chi connectivity index (χ1n) is 5.94. The highest BCUT2D eigenvalue weighted by Crippen LogP contribution is 2.40. The number of aliphatic hydroxyl groups excluding tert-OH is 2. The molecule has 0 aromatic heterocycles. The van der Waals surface area contributed by atoms with Gasteiger partial charge in [0.1, 0.15) is 18.0 Å². The van der Waals surface area contributed by atoms with E-state index in [1.807, 2.05) is 42.5 Å². The summed E-state index contributed by atoms with van der Waals surface area (Å²) in [7, 11) is 0. The van der Waals surface area contributed by atoms with Gasteiger partial charge in [0.25, 0.3) is 0 Å². The van der Waals surface area contributed by atoms with Gasteiger partial charge in [0.15, 0.2) is 6.10 Å². The van der Waals surface area contributed by atoms with E-state index in [-0.39, 0.29) is 0 Å². The third-order valence-corrected chi connectivity index (χ3v) is 3.25. The van der Waals surface area contributed by atoms with Gasteiger partial charge in [-0.2, -0.15) is 0 Å². The summed E-state index contributed by atoms with van der Waals surface area (Å²) in [4.78, 5) is 0. The van der Waals surface area contributed by atoms with Gasteiger partial charge >= 0.3 is 0 Å². The molecule has 1 aliphatic rings. The van der Waals surface area contributed by atoms with Crippen LogP contribution < -0.4 is 4.74 Å². The Balaban J connectivity index is 2.01. The number of aliphatic hydroxyl groups is 2. The minimum atomic E-state index is -0.956. The van der Waals surface area contributed by atoms with Gasteiger partial charge in [-0.25, -0.2) is 0 Å². The van der Waals surface area contributed by atoms with Crippen molar-refractivity contribution in [3.8, 4) is 5.75 Å². The molecular weight excluding hydrogens is 228 g/mol. The summed E-state index contributed by atoms with van der Waals surface area (Å²) in [5.41, 5.74) is 1.50. The summed E-state index contributed by atoms with van der Waals surface area (Å²) in [5.74, 6) is 0.629. The van der Waals surface area contributed by atoms with Crippen molar-refractivity contribution in [2.45, 2.75) is 18.3 Å². The molecule has 0 spiro atoms. The fraction of sp³-hybridized carbons (Fsp3) is 0.200. The van der Waals surface area contributed by atoms with Crippen LogP contribution in [0.25, 0.3) is 0 Å². The molecule has 3 heteroatoms. The van der Waals surface area contributed by atoms with E-state index in [4.69, 9.17) is 4.74 Å². The first-order chi connectivity index (χ1) is 8.77. The number of benzene rings is 2. The summed E-state index contributed by atoms with van der Waals surface area (Å²) in [5, 5.41) is 20.3. The monoisotopic (exact) mass is 242 g/mol. The second kappa shape index (κ2) is 4.44. The molecule has 3 atom stereocenters. The zero-order chi connectivity index (χ0) is 12.5. The standard InChI is InChI=1S/C15H14O3/c16-13-11-8-4-5-9-12(11)18-15(14(13)17)10-6-2-1-3-7-10/h1-9,13-17H/t13-,14+,15-/m1/s1. The van der Waals surface area contributed by atoms with Crippen molar-refractivity contribution in [2.24, 2.45) is 0 Å². The number of hydrogen-bond acceptors (Lipinski definition) is 3. The topological polar surface area (TPSA) is 49.7 Å². The SMILES string of the molecule is O[C@H]1[C@H](O)c2ccccc2O[C@@H]1c1ccccc1. The Morgan fingerprint density at radius 2 is 1.50 bits per heavy atom. The third-order valence-electron chi connectivity index (χ3n) is 3.25. The second-order valence-corrected chi connectivity index (χ2v) is 4.42. The first kappa shape index (κ1) is 11.3. The van der Waals surface area contributed by atoms with Crippen LogP contribution in [0.3, 0.4) is 0 Å². The van der Waals surface area contributed by atoms with E-state index in [9.17, 15) is 10.2 Å². The van der Waals surface area contributed by atoms with E-state index < -0.39 is 18.3 Å². The quantitative estimate of drug-likeness (QED) is 0.806. The first-order valence-corrected chi connectivity index (χ1v) is 5.94. The molecule has 92 valence electrons. The van der Waals surface area contributed by atoms with Crippen LogP contribution in [0.5, 0.6) is 5.75 Å². The van der Waals surface area contributed by atoms with Crippen molar-refractivity contribution >= 4 is 0 Å². The largest absolute Gasteiger partial charge is 0.482 e. The average molecular weight is 242 g/mol. The van der Waals surface area contributed by atoms with Gasteiger partial charge in [0.2, 0.25) is 0 Å². The van der Waals surface area contributed by atoms with Crippen molar-refractivity contribution in [1.29, 1.82) is 0 Å². The minimum Gasteiger partial charge on any atom is -0.482 e. The molecule has 1 heterocycles. The Labute approximate surface area is 105 Å². The van der Waals surface area contributed by atoms with Crippen molar-refractivity contribution < 1.29 is 14.9 Å². The third kappa shape index (κ3) is 1.78. The second-order valence-electron chi connectivity index (χ2n) is 4.42. The summed E-state index contributed by atoms with van der Waals surface area (Å²) in [6, 6.07) is 16.7. The maximum atomic E-state index is 10.2. The van der Waals surface area contributed by atoms with Crippen molar-refractivity contribution in [1.82, 2.24) is 0 Å². The summed E-state index contributed by atoms with van der Waals surface area (Å²) in [6.07, 6.45) is -2.40. The van der Waals surface area contributed by atoms with Crippen molar-refractivity contribution in [3.63, 3.8) is 0 Å². The summed E-state index contributed by atoms with van der Waals surface area (Å²) in [6.45, 7) is 0. The fourth-order valence-corrected chi connectivity index (χ4v) is 2.30. The van der Waals surface area contributed by atoms with E-state index >= 15 is 0 Å². The van der Waals surface area contributed by atoms with Gasteiger partial charge < -0.3 is 14.9 Å². The maximum Gasteiger partial charge on any atom is 0.152 e. The Kier molecular flexibility index (Phi) is 2.78. The highest BCUT2D eigenvalue weighted by Gasteiger charge is 2.36. The molecule has 0 unspecified atom stereocenters. The average Bonchev–Trinajstić information content (AvgIpc) is 2.44. The van der Waals surface area contributed by atoms with E-state index in [2.05, 4.69) is 0 Å². The maximum absolute atomic E-state index is 10.2. The van der Waals surface area contributed by atoms with Crippen LogP contribution in [-0.2, 0) is 0 Å². The molecule has 3 rings (SSSR count). The number of rotatable bonds is 1. The Morgan fingerprint density at radius 3 is 2.28 bits per heavy atom. The lowest BCUT2D eigenvalue weighted by atomic mass is 9.92. The summed E-state index contributed by atoms with van der Waals surface area (Å²) >= 11 is 0. The highest BCUT2D eigenvalue weighted by atomic mass is 16.5. The molecule has 18 heavy (non-hydrogen) atoms. The van der Waals surface area contributed by atoms with Crippen LogP contribution in [-0.4, -0.2) is 16.3 Å². The predicted octanol–water partition coefficient (Wildman–Crippen LogP) is 2.21. The number of ether oxygens (including phenoxy) is 1. The van der Waals surface area contributed by atoms with Crippen LogP contribution in [0.15, 0.2) is 54.6 Å². The number of hydrogen-bond donors (Lipinski definition) is 2. The molecule has 2 N–H and O–H groups in total. The molecule has 0 aliphatic carbocycles. The molecule has 0 fully saturated rings. The molecule has 0 amide bonds. The zero-order valence-electron chi connectivity index (χ0n) is 9.73. The lowest BCUT2D eigenvalue weighted by Gasteiger charge is -2.34. The number of para-hydroxylation sites is 1. The number of fused-ring (bicyclic) bond motifs is 1. The normalized spacial score (nSPS) is 26.2. The van der Waals surface area contributed by atoms with Crippen LogP contribution in [0.1, 0.15) is 23.3 Å². The Hall–Kier alpha value is -1.84. The lowest BCUT2D eigenvalue weighted by molar-refractivity contribution is -0.0699. The van der Waals surface area contributed by atoms with Crippen molar-refractivity contribution in [3.05, 3.63) is 65.7 Å². The molecule has 0 saturated carbocycles. The van der Waals surface area contributed by atoms with Gasteiger partial charge in [0.05, 0.1) is 0 Å². The Morgan fingerprint density at radius 1 is 0.833 bits per heavy atom. The van der Waals surface area contributed by atoms with E-state index in [1.165, 1.54) is 0 Å². The highest BCUT2D eigenvalue weighted by molar-refractivity contribution is 5.39. The molecule has 3 nitrogen and oxygen atoms in total. The van der Waals surface area contributed by atoms with Gasteiger partial charge in [0, 0.05) is 5.56 Å². The molecule has 1 aliphatic heterocycles. The summed E-state index contributed by atoms with van der Waals surface area (Å²) < 4.78 is 5.79. The molecule has 2 aromatic carbocycles. The van der Waals surface area contributed by atoms with Crippen LogP contribution in [0, 0.1) is 0 Å².